The van der Waals surface area contributed by atoms with Gasteiger partial charge in [0.15, 0.2) is 10.1 Å². The number of hydrogen-bond acceptors (Lipinski definition) is 7. The Labute approximate surface area is 154 Å². The summed E-state index contributed by atoms with van der Waals surface area (Å²) in [5.74, 6) is 1.21. The molecule has 0 aliphatic heterocycles. The molecule has 0 aromatic carbocycles. The van der Waals surface area contributed by atoms with Crippen LogP contribution in [0, 0.1) is 5.92 Å². The number of carbonyl (C=O) groups is 1. The molecule has 2 heterocycles. The summed E-state index contributed by atoms with van der Waals surface area (Å²) < 4.78 is 1.45. The van der Waals surface area contributed by atoms with Gasteiger partial charge < -0.3 is 5.32 Å². The maximum absolute atomic E-state index is 12.0. The van der Waals surface area contributed by atoms with E-state index in [2.05, 4.69) is 29.4 Å². The second kappa shape index (κ2) is 9.61. The molecule has 4 nitrogen and oxygen atoms in total. The number of anilines is 1. The van der Waals surface area contributed by atoms with Crippen molar-refractivity contribution < 1.29 is 4.79 Å². The van der Waals surface area contributed by atoms with Gasteiger partial charge in [-0.25, -0.2) is 0 Å². The van der Waals surface area contributed by atoms with Crippen molar-refractivity contribution in [2.45, 2.75) is 37.4 Å². The summed E-state index contributed by atoms with van der Waals surface area (Å²) in [4.78, 5) is 12.7. The smallest absolute Gasteiger partial charge is 0.206 e. The molecule has 0 saturated carbocycles. The third-order valence-electron chi connectivity index (χ3n) is 3.43. The lowest BCUT2D eigenvalue weighted by Crippen LogP contribution is -2.03. The number of hydrogen-bond donors (Lipinski definition) is 1. The molecule has 0 spiro atoms. The molecule has 0 radical (unpaired) electrons. The standard InChI is InChI=1S/C15H20ClN3OS3/c1-3-10(2)5-4-8-17-14-18-19-15(23-14)21-9-11(20)12-6-7-13(16)22-12/h6-7,10H,3-5,8-9H2,1-2H3,(H,17,18)/t10-/m1/s1. The first-order chi connectivity index (χ1) is 11.1. The highest BCUT2D eigenvalue weighted by Gasteiger charge is 2.12. The number of nitrogens with zero attached hydrogens (tertiary/aromatic N) is 2. The van der Waals surface area contributed by atoms with Crippen LogP contribution >= 0.6 is 46.0 Å². The van der Waals surface area contributed by atoms with E-state index in [0.29, 0.717) is 15.0 Å². The number of carbonyl (C=O) groups excluding carboxylic acids is 1. The fourth-order valence-electron chi connectivity index (χ4n) is 1.85. The maximum Gasteiger partial charge on any atom is 0.206 e. The molecule has 8 heteroatoms. The van der Waals surface area contributed by atoms with Gasteiger partial charge in [-0.1, -0.05) is 55.0 Å². The molecule has 1 atom stereocenters. The summed E-state index contributed by atoms with van der Waals surface area (Å²) in [6.45, 7) is 5.41. The predicted molar refractivity (Wildman–Crippen MR) is 101 cm³/mol. The van der Waals surface area contributed by atoms with Crippen molar-refractivity contribution in [1.82, 2.24) is 10.2 Å². The van der Waals surface area contributed by atoms with Crippen molar-refractivity contribution in [3.05, 3.63) is 21.3 Å². The Morgan fingerprint density at radius 3 is 2.91 bits per heavy atom. The Balaban J connectivity index is 1.71. The van der Waals surface area contributed by atoms with E-state index >= 15 is 0 Å². The van der Waals surface area contributed by atoms with Crippen LogP contribution in [0.2, 0.25) is 4.34 Å². The first kappa shape index (κ1) is 18.7. The lowest BCUT2D eigenvalue weighted by atomic mass is 10.0. The number of thiophene rings is 1. The Morgan fingerprint density at radius 1 is 1.39 bits per heavy atom. The van der Waals surface area contributed by atoms with Crippen molar-refractivity contribution in [1.29, 1.82) is 0 Å². The van der Waals surface area contributed by atoms with Crippen molar-refractivity contribution in [2.24, 2.45) is 5.92 Å². The lowest BCUT2D eigenvalue weighted by Gasteiger charge is -2.07. The molecule has 0 saturated heterocycles. The lowest BCUT2D eigenvalue weighted by molar-refractivity contribution is 0.102. The molecular weight excluding hydrogens is 370 g/mol. The molecule has 2 aromatic rings. The predicted octanol–water partition coefficient (Wildman–Crippen LogP) is 5.47. The van der Waals surface area contributed by atoms with Crippen molar-refractivity contribution in [3.63, 3.8) is 0 Å². The molecule has 23 heavy (non-hydrogen) atoms. The molecule has 1 N–H and O–H groups in total. The number of halogens is 1. The highest BCUT2D eigenvalue weighted by atomic mass is 35.5. The third kappa shape index (κ3) is 6.41. The molecule has 2 rings (SSSR count). The fraction of sp³-hybridized carbons (Fsp3) is 0.533. The van der Waals surface area contributed by atoms with E-state index in [1.807, 2.05) is 0 Å². The van der Waals surface area contributed by atoms with Crippen molar-refractivity contribution in [2.75, 3.05) is 17.6 Å². The van der Waals surface area contributed by atoms with Gasteiger partial charge >= 0.3 is 0 Å². The normalized spacial score (nSPS) is 12.3. The monoisotopic (exact) mass is 389 g/mol. The van der Waals surface area contributed by atoms with E-state index in [-0.39, 0.29) is 5.78 Å². The average Bonchev–Trinajstić information content (AvgIpc) is 3.18. The van der Waals surface area contributed by atoms with Gasteiger partial charge in [0.2, 0.25) is 5.13 Å². The summed E-state index contributed by atoms with van der Waals surface area (Å²) in [6.07, 6.45) is 3.58. The van der Waals surface area contributed by atoms with Crippen LogP contribution in [0.25, 0.3) is 0 Å². The van der Waals surface area contributed by atoms with Gasteiger partial charge in [0.25, 0.3) is 0 Å². The number of rotatable bonds is 10. The molecule has 0 aliphatic rings. The van der Waals surface area contributed by atoms with Crippen LogP contribution in [-0.2, 0) is 0 Å². The van der Waals surface area contributed by atoms with Gasteiger partial charge in [-0.15, -0.1) is 21.5 Å². The SMILES string of the molecule is CC[C@@H](C)CCCNc1nnc(SCC(=O)c2ccc(Cl)s2)s1. The molecule has 126 valence electrons. The highest BCUT2D eigenvalue weighted by molar-refractivity contribution is 8.01. The van der Waals surface area contributed by atoms with Crippen LogP contribution in [0.1, 0.15) is 42.8 Å². The van der Waals surface area contributed by atoms with Gasteiger partial charge in [0.05, 0.1) is 15.0 Å². The quantitative estimate of drug-likeness (QED) is 0.332. The largest absolute Gasteiger partial charge is 0.360 e. The molecule has 0 aliphatic carbocycles. The van der Waals surface area contributed by atoms with Gasteiger partial charge in [-0.2, -0.15) is 0 Å². The van der Waals surface area contributed by atoms with Gasteiger partial charge in [0, 0.05) is 6.54 Å². The Bertz CT molecular complexity index is 629. The molecule has 2 aromatic heterocycles. The number of Topliss-reactive ketones (excluding diaryl/α,β-unsaturated/α-hetero) is 1. The molecular formula is C15H20ClN3OS3. The van der Waals surface area contributed by atoms with Gasteiger partial charge in [0.1, 0.15) is 0 Å². The van der Waals surface area contributed by atoms with E-state index in [0.717, 1.165) is 28.4 Å². The summed E-state index contributed by atoms with van der Waals surface area (Å²) in [5.41, 5.74) is 0. The summed E-state index contributed by atoms with van der Waals surface area (Å²) in [5, 5.41) is 12.3. The van der Waals surface area contributed by atoms with Crippen LogP contribution in [0.3, 0.4) is 0 Å². The van der Waals surface area contributed by atoms with E-state index < -0.39 is 0 Å². The van der Waals surface area contributed by atoms with Gasteiger partial charge in [-0.3, -0.25) is 4.79 Å². The average molecular weight is 390 g/mol. The number of nitrogens with one attached hydrogen (secondary N) is 1. The van der Waals surface area contributed by atoms with E-state index in [9.17, 15) is 4.79 Å². The topological polar surface area (TPSA) is 54.9 Å². The Hall–Kier alpha value is -0.630. The van der Waals surface area contributed by atoms with E-state index in [1.54, 1.807) is 12.1 Å². The minimum Gasteiger partial charge on any atom is -0.360 e. The van der Waals surface area contributed by atoms with Crippen LogP contribution < -0.4 is 5.32 Å². The molecule has 0 amide bonds. The van der Waals surface area contributed by atoms with E-state index in [4.69, 9.17) is 11.6 Å². The van der Waals surface area contributed by atoms with Crippen LogP contribution in [-0.4, -0.2) is 28.3 Å². The molecule has 0 bridgehead atoms. The second-order valence-corrected chi connectivity index (χ2v) is 9.19. The number of ketones is 1. The van der Waals surface area contributed by atoms with Crippen LogP contribution in [0.5, 0.6) is 0 Å². The minimum absolute atomic E-state index is 0.0742. The summed E-state index contributed by atoms with van der Waals surface area (Å²) in [6, 6.07) is 3.51. The Kier molecular flexibility index (Phi) is 7.82. The first-order valence-corrected chi connectivity index (χ1v) is 10.6. The molecule has 0 unspecified atom stereocenters. The van der Waals surface area contributed by atoms with Gasteiger partial charge in [-0.05, 0) is 30.9 Å². The molecule has 0 fully saturated rings. The maximum atomic E-state index is 12.0. The zero-order valence-corrected chi connectivity index (χ0v) is 16.4. The fourth-order valence-corrected chi connectivity index (χ4v) is 4.58. The zero-order chi connectivity index (χ0) is 16.7. The highest BCUT2D eigenvalue weighted by Crippen LogP contribution is 2.28. The third-order valence-corrected chi connectivity index (χ3v) is 6.71. The second-order valence-electron chi connectivity index (χ2n) is 5.27. The van der Waals surface area contributed by atoms with Crippen LogP contribution in [0.4, 0.5) is 5.13 Å². The van der Waals surface area contributed by atoms with Crippen LogP contribution in [0.15, 0.2) is 16.5 Å². The van der Waals surface area contributed by atoms with Crippen molar-refractivity contribution >= 4 is 57.0 Å². The number of aromatic nitrogens is 2. The first-order valence-electron chi connectivity index (χ1n) is 7.57. The minimum atomic E-state index is 0.0742. The van der Waals surface area contributed by atoms with Crippen molar-refractivity contribution in [3.8, 4) is 0 Å². The zero-order valence-electron chi connectivity index (χ0n) is 13.2. The van der Waals surface area contributed by atoms with E-state index in [1.165, 1.54) is 47.3 Å². The summed E-state index contributed by atoms with van der Waals surface area (Å²) >= 11 is 10.1. The Morgan fingerprint density at radius 2 is 2.22 bits per heavy atom. The number of thioether (sulfide) groups is 1. The summed E-state index contributed by atoms with van der Waals surface area (Å²) in [7, 11) is 0.